The van der Waals surface area contributed by atoms with Gasteiger partial charge in [0.25, 0.3) is 5.91 Å². The van der Waals surface area contributed by atoms with Crippen molar-refractivity contribution in [3.05, 3.63) is 46.5 Å². The molecule has 0 aromatic carbocycles. The van der Waals surface area contributed by atoms with Gasteiger partial charge in [0.15, 0.2) is 0 Å². The van der Waals surface area contributed by atoms with E-state index in [9.17, 15) is 9.59 Å². The van der Waals surface area contributed by atoms with Crippen molar-refractivity contribution < 1.29 is 14.0 Å². The van der Waals surface area contributed by atoms with E-state index in [0.717, 1.165) is 11.3 Å². The zero-order valence-corrected chi connectivity index (χ0v) is 13.5. The van der Waals surface area contributed by atoms with Gasteiger partial charge in [-0.25, -0.2) is 0 Å². The quantitative estimate of drug-likeness (QED) is 0.824. The molecule has 0 aliphatic heterocycles. The van der Waals surface area contributed by atoms with Crippen LogP contribution in [0.3, 0.4) is 0 Å². The summed E-state index contributed by atoms with van der Waals surface area (Å²) in [6, 6.07) is 5.53. The summed E-state index contributed by atoms with van der Waals surface area (Å²) in [5, 5.41) is 7.56. The van der Waals surface area contributed by atoms with Crippen LogP contribution in [0.25, 0.3) is 0 Å². The summed E-state index contributed by atoms with van der Waals surface area (Å²) >= 11 is 1.62. The Kier molecular flexibility index (Phi) is 5.77. The fourth-order valence-corrected chi connectivity index (χ4v) is 2.90. The first-order valence-corrected chi connectivity index (χ1v) is 8.07. The van der Waals surface area contributed by atoms with E-state index in [2.05, 4.69) is 24.5 Å². The summed E-state index contributed by atoms with van der Waals surface area (Å²) in [6.07, 6.45) is 3.63. The predicted octanol–water partition coefficient (Wildman–Crippen LogP) is 2.97. The lowest BCUT2D eigenvalue weighted by atomic mass is 10.0. The van der Waals surface area contributed by atoms with Gasteiger partial charge in [0, 0.05) is 4.88 Å². The molecule has 0 saturated heterocycles. The van der Waals surface area contributed by atoms with Crippen LogP contribution in [0.15, 0.2) is 40.5 Å². The Morgan fingerprint density at radius 2 is 2.14 bits per heavy atom. The van der Waals surface area contributed by atoms with E-state index in [4.69, 9.17) is 4.42 Å². The summed E-state index contributed by atoms with van der Waals surface area (Å²) < 4.78 is 4.84. The lowest BCUT2D eigenvalue weighted by Crippen LogP contribution is -2.38. The van der Waals surface area contributed by atoms with Crippen molar-refractivity contribution in [2.24, 2.45) is 5.92 Å². The van der Waals surface area contributed by atoms with Crippen LogP contribution in [0.1, 0.15) is 41.5 Å². The maximum absolute atomic E-state index is 12.1. The van der Waals surface area contributed by atoms with Gasteiger partial charge in [-0.3, -0.25) is 9.59 Å². The molecule has 22 heavy (non-hydrogen) atoms. The Bertz CT molecular complexity index is 591. The number of carbonyl (C=O) groups is 2. The maximum atomic E-state index is 12.1. The summed E-state index contributed by atoms with van der Waals surface area (Å²) in [5.74, 6) is -0.0516. The van der Waals surface area contributed by atoms with E-state index in [1.165, 1.54) is 12.5 Å². The monoisotopic (exact) mass is 320 g/mol. The molecule has 118 valence electrons. The summed E-state index contributed by atoms with van der Waals surface area (Å²) in [6.45, 7) is 4.19. The van der Waals surface area contributed by atoms with E-state index >= 15 is 0 Å². The Labute approximate surface area is 133 Å². The average molecular weight is 320 g/mol. The Hall–Kier alpha value is -2.08. The van der Waals surface area contributed by atoms with Gasteiger partial charge in [0.2, 0.25) is 5.91 Å². The second kappa shape index (κ2) is 7.79. The highest BCUT2D eigenvalue weighted by molar-refractivity contribution is 7.10. The largest absolute Gasteiger partial charge is 0.472 e. The SMILES string of the molecule is CC(C)C[C@@H](NC(=O)CNC(=O)c1ccoc1)c1cccs1. The number of furan rings is 1. The molecule has 1 atom stereocenters. The molecule has 0 unspecified atom stereocenters. The fraction of sp³-hybridized carbons (Fsp3) is 0.375. The number of hydrogen-bond acceptors (Lipinski definition) is 4. The van der Waals surface area contributed by atoms with Crippen LogP contribution in [-0.2, 0) is 4.79 Å². The van der Waals surface area contributed by atoms with E-state index in [0.29, 0.717) is 11.5 Å². The van der Waals surface area contributed by atoms with Gasteiger partial charge in [0.1, 0.15) is 6.26 Å². The summed E-state index contributed by atoms with van der Waals surface area (Å²) in [7, 11) is 0. The normalized spacial score (nSPS) is 12.1. The molecular weight excluding hydrogens is 300 g/mol. The molecule has 5 nitrogen and oxygen atoms in total. The third-order valence-electron chi connectivity index (χ3n) is 3.12. The average Bonchev–Trinajstić information content (AvgIpc) is 3.15. The molecule has 6 heteroatoms. The molecule has 0 aliphatic carbocycles. The van der Waals surface area contributed by atoms with Gasteiger partial charge in [0.05, 0.1) is 24.4 Å². The fourth-order valence-electron chi connectivity index (χ4n) is 2.11. The third-order valence-corrected chi connectivity index (χ3v) is 4.11. The molecule has 0 saturated carbocycles. The number of amides is 2. The van der Waals surface area contributed by atoms with E-state index in [-0.39, 0.29) is 24.4 Å². The van der Waals surface area contributed by atoms with Crippen LogP contribution >= 0.6 is 11.3 Å². The molecule has 0 fully saturated rings. The van der Waals surface area contributed by atoms with Gasteiger partial charge >= 0.3 is 0 Å². The van der Waals surface area contributed by atoms with Gasteiger partial charge < -0.3 is 15.1 Å². The zero-order valence-electron chi connectivity index (χ0n) is 12.7. The van der Waals surface area contributed by atoms with Gasteiger partial charge in [-0.2, -0.15) is 0 Å². The van der Waals surface area contributed by atoms with Crippen molar-refractivity contribution in [1.82, 2.24) is 10.6 Å². The van der Waals surface area contributed by atoms with E-state index < -0.39 is 0 Å². The molecule has 2 N–H and O–H groups in total. The van der Waals surface area contributed by atoms with Gasteiger partial charge in [-0.05, 0) is 29.9 Å². The Morgan fingerprint density at radius 1 is 1.32 bits per heavy atom. The number of carbonyl (C=O) groups excluding carboxylic acids is 2. The minimum atomic E-state index is -0.319. The van der Waals surface area contributed by atoms with E-state index in [1.807, 2.05) is 17.5 Å². The van der Waals surface area contributed by atoms with Crippen LogP contribution in [0.5, 0.6) is 0 Å². The van der Waals surface area contributed by atoms with Crippen LogP contribution in [0, 0.1) is 5.92 Å². The number of rotatable bonds is 7. The lowest BCUT2D eigenvalue weighted by Gasteiger charge is -2.19. The minimum absolute atomic E-state index is 0.0154. The molecule has 2 rings (SSSR count). The van der Waals surface area contributed by atoms with Crippen molar-refractivity contribution in [2.45, 2.75) is 26.3 Å². The second-order valence-electron chi connectivity index (χ2n) is 5.46. The second-order valence-corrected chi connectivity index (χ2v) is 6.44. The molecule has 0 radical (unpaired) electrons. The zero-order chi connectivity index (χ0) is 15.9. The van der Waals surface area contributed by atoms with Crippen molar-refractivity contribution in [2.75, 3.05) is 6.54 Å². The molecule has 2 heterocycles. The summed E-state index contributed by atoms with van der Waals surface area (Å²) in [5.41, 5.74) is 0.407. The Morgan fingerprint density at radius 3 is 2.73 bits per heavy atom. The van der Waals surface area contributed by atoms with Crippen molar-refractivity contribution in [1.29, 1.82) is 0 Å². The number of hydrogen-bond donors (Lipinski definition) is 2. The van der Waals surface area contributed by atoms with Crippen LogP contribution in [0.4, 0.5) is 0 Å². The standard InChI is InChI=1S/C16H20N2O3S/c1-11(2)8-13(14-4-3-7-22-14)18-15(19)9-17-16(20)12-5-6-21-10-12/h3-7,10-11,13H,8-9H2,1-2H3,(H,17,20)(H,18,19)/t13-/m1/s1. The summed E-state index contributed by atoms with van der Waals surface area (Å²) in [4.78, 5) is 24.9. The first-order valence-electron chi connectivity index (χ1n) is 7.19. The van der Waals surface area contributed by atoms with Crippen LogP contribution in [0.2, 0.25) is 0 Å². The van der Waals surface area contributed by atoms with Crippen molar-refractivity contribution in [3.8, 4) is 0 Å². The molecular formula is C16H20N2O3S. The highest BCUT2D eigenvalue weighted by Gasteiger charge is 2.17. The molecule has 2 aromatic rings. The maximum Gasteiger partial charge on any atom is 0.254 e. The third kappa shape index (κ3) is 4.73. The molecule has 0 aliphatic rings. The predicted molar refractivity (Wildman–Crippen MR) is 85.7 cm³/mol. The van der Waals surface area contributed by atoms with Gasteiger partial charge in [-0.15, -0.1) is 11.3 Å². The highest BCUT2D eigenvalue weighted by Crippen LogP contribution is 2.25. The van der Waals surface area contributed by atoms with Crippen molar-refractivity contribution in [3.63, 3.8) is 0 Å². The molecule has 0 bridgehead atoms. The van der Waals surface area contributed by atoms with Crippen LogP contribution < -0.4 is 10.6 Å². The molecule has 2 amide bonds. The smallest absolute Gasteiger partial charge is 0.254 e. The minimum Gasteiger partial charge on any atom is -0.472 e. The molecule has 2 aromatic heterocycles. The number of thiophene rings is 1. The lowest BCUT2D eigenvalue weighted by molar-refractivity contribution is -0.120. The molecule has 0 spiro atoms. The highest BCUT2D eigenvalue weighted by atomic mass is 32.1. The topological polar surface area (TPSA) is 71.3 Å². The van der Waals surface area contributed by atoms with Crippen molar-refractivity contribution >= 4 is 23.2 Å². The first kappa shape index (κ1) is 16.3. The number of nitrogens with one attached hydrogen (secondary N) is 2. The van der Waals surface area contributed by atoms with Gasteiger partial charge in [-0.1, -0.05) is 19.9 Å². The first-order chi connectivity index (χ1) is 10.6. The Balaban J connectivity index is 1.87. The van der Waals surface area contributed by atoms with Crippen LogP contribution in [-0.4, -0.2) is 18.4 Å². The van der Waals surface area contributed by atoms with E-state index in [1.54, 1.807) is 17.4 Å².